The number of hydrogen-bond donors (Lipinski definition) is 0. The van der Waals surface area contributed by atoms with Crippen LogP contribution in [0.5, 0.6) is 0 Å². The van der Waals surface area contributed by atoms with Crippen LogP contribution in [0.3, 0.4) is 0 Å². The maximum absolute atomic E-state index is 10.1. The molecule has 0 bridgehead atoms. The van der Waals surface area contributed by atoms with E-state index in [1.54, 1.807) is 24.3 Å². The van der Waals surface area contributed by atoms with Gasteiger partial charge in [0.1, 0.15) is 6.29 Å². The van der Waals surface area contributed by atoms with Crippen molar-refractivity contribution in [3.63, 3.8) is 0 Å². The molecule has 3 nitrogen and oxygen atoms in total. The lowest BCUT2D eigenvalue weighted by Crippen LogP contribution is -2.44. The van der Waals surface area contributed by atoms with Gasteiger partial charge in [-0.05, 0) is 25.7 Å². The Kier molecular flexibility index (Phi) is 11.4. The van der Waals surface area contributed by atoms with Crippen LogP contribution in [0.15, 0.2) is 24.3 Å². The van der Waals surface area contributed by atoms with Gasteiger partial charge < -0.3 is 9.80 Å². The van der Waals surface area contributed by atoms with Crippen molar-refractivity contribution in [2.45, 2.75) is 20.8 Å². The largest absolute Gasteiger partial charge is 0.304 e. The topological polar surface area (TPSA) is 23.6 Å². The number of likely N-dealkylation sites (N-methyl/N-ethyl adjacent to an activating group) is 2. The van der Waals surface area contributed by atoms with E-state index in [4.69, 9.17) is 11.6 Å². The van der Waals surface area contributed by atoms with Crippen LogP contribution in [0, 0.1) is 0 Å². The Morgan fingerprint density at radius 3 is 2.20 bits per heavy atom. The van der Waals surface area contributed by atoms with Gasteiger partial charge in [0.2, 0.25) is 0 Å². The molecule has 1 aliphatic heterocycles. The minimum absolute atomic E-state index is 0.597. The van der Waals surface area contributed by atoms with Gasteiger partial charge in [0.15, 0.2) is 0 Å². The molecule has 1 fully saturated rings. The lowest BCUT2D eigenvalue weighted by Gasteiger charge is -2.31. The molecular weight excluding hydrogens is 272 g/mol. The first-order chi connectivity index (χ1) is 9.65. The summed E-state index contributed by atoms with van der Waals surface area (Å²) in [6, 6.07) is 6.80. The lowest BCUT2D eigenvalue weighted by molar-refractivity contribution is 0.112. The number of nitrogens with zero attached hydrogens (tertiary/aromatic N) is 2. The fourth-order valence-electron chi connectivity index (χ4n) is 1.74. The normalized spacial score (nSPS) is 15.4. The Morgan fingerprint density at radius 1 is 1.20 bits per heavy atom. The van der Waals surface area contributed by atoms with E-state index in [2.05, 4.69) is 23.8 Å². The van der Waals surface area contributed by atoms with Crippen LogP contribution >= 0.6 is 11.6 Å². The Morgan fingerprint density at radius 2 is 1.80 bits per heavy atom. The molecule has 0 saturated carbocycles. The summed E-state index contributed by atoms with van der Waals surface area (Å²) in [6.07, 6.45) is 0.770. The molecule has 0 spiro atoms. The van der Waals surface area contributed by atoms with Gasteiger partial charge in [-0.2, -0.15) is 0 Å². The van der Waals surface area contributed by atoms with Gasteiger partial charge in [0.25, 0.3) is 0 Å². The van der Waals surface area contributed by atoms with Gasteiger partial charge in [0.05, 0.1) is 0 Å². The van der Waals surface area contributed by atoms with Crippen LogP contribution in [-0.4, -0.2) is 55.9 Å². The Bertz CT molecular complexity index is 363. The average molecular weight is 299 g/mol. The van der Waals surface area contributed by atoms with Crippen LogP contribution < -0.4 is 0 Å². The Balaban J connectivity index is 0.000000321. The number of halogens is 1. The molecule has 0 aromatic heterocycles. The zero-order chi connectivity index (χ0) is 15.4. The first-order valence-electron chi connectivity index (χ1n) is 7.27. The summed E-state index contributed by atoms with van der Waals surface area (Å²) in [7, 11) is 2.19. The maximum atomic E-state index is 10.1. The average Bonchev–Trinajstić information content (AvgIpc) is 2.51. The summed E-state index contributed by atoms with van der Waals surface area (Å²) < 4.78 is 0. The molecule has 0 atom stereocenters. The standard InChI is InChI=1S/C7H5ClO.C7H16N2.C2H6/c8-7-3-1-2-6(4-7)5-9;1-3-9-6-4-8(2)5-7-9;1-2/h1-5H;3-7H2,1-2H3;1-2H3. The van der Waals surface area contributed by atoms with Gasteiger partial charge in [-0.25, -0.2) is 0 Å². The molecular formula is C16H27ClN2O. The second-order valence-electron chi connectivity index (χ2n) is 4.41. The Labute approximate surface area is 128 Å². The number of hydrogen-bond acceptors (Lipinski definition) is 3. The van der Waals surface area contributed by atoms with Crippen molar-refractivity contribution >= 4 is 17.9 Å². The Hall–Kier alpha value is -0.900. The van der Waals surface area contributed by atoms with E-state index in [1.807, 2.05) is 13.8 Å². The predicted octanol–water partition coefficient (Wildman–Crippen LogP) is 3.43. The SMILES string of the molecule is CC.CCN1CCN(C)CC1.O=Cc1cccc(Cl)c1. The van der Waals surface area contributed by atoms with Crippen molar-refractivity contribution < 1.29 is 4.79 Å². The van der Waals surface area contributed by atoms with Crippen molar-refractivity contribution in [1.82, 2.24) is 9.80 Å². The van der Waals surface area contributed by atoms with Crippen molar-refractivity contribution in [3.05, 3.63) is 34.9 Å². The van der Waals surface area contributed by atoms with Crippen molar-refractivity contribution in [2.75, 3.05) is 39.8 Å². The molecule has 0 aliphatic carbocycles. The molecule has 1 saturated heterocycles. The number of rotatable bonds is 2. The minimum Gasteiger partial charge on any atom is -0.304 e. The fourth-order valence-corrected chi connectivity index (χ4v) is 1.94. The second-order valence-corrected chi connectivity index (χ2v) is 4.85. The van der Waals surface area contributed by atoms with Crippen molar-refractivity contribution in [2.24, 2.45) is 0 Å². The zero-order valence-electron chi connectivity index (χ0n) is 13.1. The van der Waals surface area contributed by atoms with Crippen LogP contribution in [0.25, 0.3) is 0 Å². The third-order valence-corrected chi connectivity index (χ3v) is 3.26. The second kappa shape index (κ2) is 11.9. The molecule has 1 aromatic carbocycles. The van der Waals surface area contributed by atoms with Gasteiger partial charge in [0, 0.05) is 36.8 Å². The zero-order valence-corrected chi connectivity index (χ0v) is 13.9. The summed E-state index contributed by atoms with van der Waals surface area (Å²) >= 11 is 5.56. The molecule has 0 amide bonds. The quantitative estimate of drug-likeness (QED) is 0.782. The third kappa shape index (κ3) is 8.31. The van der Waals surface area contributed by atoms with Gasteiger partial charge >= 0.3 is 0 Å². The highest BCUT2D eigenvalue weighted by Crippen LogP contribution is 2.08. The first-order valence-corrected chi connectivity index (χ1v) is 7.65. The monoisotopic (exact) mass is 298 g/mol. The molecule has 20 heavy (non-hydrogen) atoms. The fraction of sp³-hybridized carbons (Fsp3) is 0.562. The highest BCUT2D eigenvalue weighted by molar-refractivity contribution is 6.30. The van der Waals surface area contributed by atoms with Gasteiger partial charge in [-0.1, -0.05) is 44.5 Å². The highest BCUT2D eigenvalue weighted by atomic mass is 35.5. The van der Waals surface area contributed by atoms with Crippen molar-refractivity contribution in [1.29, 1.82) is 0 Å². The third-order valence-electron chi connectivity index (χ3n) is 3.03. The van der Waals surface area contributed by atoms with E-state index in [-0.39, 0.29) is 0 Å². The smallest absolute Gasteiger partial charge is 0.150 e. The summed E-state index contributed by atoms with van der Waals surface area (Å²) in [5.41, 5.74) is 0.613. The molecule has 0 unspecified atom stereocenters. The first kappa shape index (κ1) is 19.1. The van der Waals surface area contributed by atoms with Gasteiger partial charge in [-0.15, -0.1) is 0 Å². The van der Waals surface area contributed by atoms with Gasteiger partial charge in [-0.3, -0.25) is 4.79 Å². The van der Waals surface area contributed by atoms with Crippen LogP contribution in [0.1, 0.15) is 31.1 Å². The van der Waals surface area contributed by atoms with E-state index in [0.29, 0.717) is 10.6 Å². The summed E-state index contributed by atoms with van der Waals surface area (Å²) in [5.74, 6) is 0. The molecule has 1 aromatic rings. The number of carbonyl (C=O) groups is 1. The molecule has 1 aliphatic rings. The number of carbonyl (C=O) groups excluding carboxylic acids is 1. The molecule has 2 rings (SSSR count). The summed E-state index contributed by atoms with van der Waals surface area (Å²) in [6.45, 7) is 12.4. The number of aldehydes is 1. The van der Waals surface area contributed by atoms with E-state index in [9.17, 15) is 4.79 Å². The molecule has 4 heteroatoms. The van der Waals surface area contributed by atoms with Crippen LogP contribution in [0.4, 0.5) is 0 Å². The van der Waals surface area contributed by atoms with Crippen molar-refractivity contribution in [3.8, 4) is 0 Å². The minimum atomic E-state index is 0.597. The van der Waals surface area contributed by atoms with E-state index in [0.717, 1.165) is 6.29 Å². The van der Waals surface area contributed by atoms with E-state index < -0.39 is 0 Å². The van der Waals surface area contributed by atoms with Crippen LogP contribution in [-0.2, 0) is 0 Å². The van der Waals surface area contributed by atoms with Crippen LogP contribution in [0.2, 0.25) is 5.02 Å². The highest BCUT2D eigenvalue weighted by Gasteiger charge is 2.10. The molecule has 1 heterocycles. The number of benzene rings is 1. The lowest BCUT2D eigenvalue weighted by atomic mass is 10.2. The van der Waals surface area contributed by atoms with E-state index >= 15 is 0 Å². The molecule has 0 N–H and O–H groups in total. The van der Waals surface area contributed by atoms with E-state index in [1.165, 1.54) is 32.7 Å². The number of piperazine rings is 1. The summed E-state index contributed by atoms with van der Waals surface area (Å²) in [5, 5.41) is 0.597. The molecule has 114 valence electrons. The molecule has 0 radical (unpaired) electrons. The predicted molar refractivity (Wildman–Crippen MR) is 87.8 cm³/mol. The summed E-state index contributed by atoms with van der Waals surface area (Å²) in [4.78, 5) is 15.0. The maximum Gasteiger partial charge on any atom is 0.150 e.